The van der Waals surface area contributed by atoms with Gasteiger partial charge in [0.25, 0.3) is 0 Å². The van der Waals surface area contributed by atoms with Crippen molar-refractivity contribution in [1.82, 2.24) is 0 Å². The van der Waals surface area contributed by atoms with E-state index in [0.29, 0.717) is 6.61 Å². The minimum Gasteiger partial charge on any atom is -0.311 e. The fourth-order valence-corrected chi connectivity index (χ4v) is 5.71. The predicted octanol–water partition coefficient (Wildman–Crippen LogP) is 11.9. The zero-order valence-corrected chi connectivity index (χ0v) is 25.3. The van der Waals surface area contributed by atoms with Gasteiger partial charge in [-0.05, 0) is 72.4 Å². The molecule has 4 aromatic rings. The SMILES string of the molecule is OOCCCCCCCCCCCCCCCc1ccc(-c2ccc(N(c3ccccc3)c3ccccc3)cc2)cc1. The van der Waals surface area contributed by atoms with Crippen LogP contribution < -0.4 is 4.90 Å². The van der Waals surface area contributed by atoms with Crippen LogP contribution in [-0.2, 0) is 11.3 Å². The summed E-state index contributed by atoms with van der Waals surface area (Å²) < 4.78 is 0. The molecule has 0 aliphatic carbocycles. The number of unbranched alkanes of at least 4 members (excludes halogenated alkanes) is 12. The van der Waals surface area contributed by atoms with E-state index in [1.54, 1.807) is 0 Å². The van der Waals surface area contributed by atoms with Gasteiger partial charge in [-0.2, -0.15) is 0 Å². The van der Waals surface area contributed by atoms with Crippen molar-refractivity contribution < 1.29 is 10.1 Å². The van der Waals surface area contributed by atoms with E-state index in [1.165, 1.54) is 100 Å². The number of benzene rings is 4. The van der Waals surface area contributed by atoms with Gasteiger partial charge in [-0.25, -0.2) is 4.89 Å². The van der Waals surface area contributed by atoms with Crippen LogP contribution in [0.25, 0.3) is 11.1 Å². The van der Waals surface area contributed by atoms with Crippen molar-refractivity contribution in [3.05, 3.63) is 115 Å². The monoisotopic (exact) mass is 563 g/mol. The molecule has 0 aliphatic rings. The lowest BCUT2D eigenvalue weighted by atomic mass is 10.00. The van der Waals surface area contributed by atoms with Crippen LogP contribution in [0.5, 0.6) is 0 Å². The number of hydrogen-bond acceptors (Lipinski definition) is 3. The fourth-order valence-electron chi connectivity index (χ4n) is 5.71. The first-order chi connectivity index (χ1) is 20.8. The third-order valence-electron chi connectivity index (χ3n) is 8.14. The molecule has 0 saturated heterocycles. The maximum atomic E-state index is 8.32. The second-order valence-electron chi connectivity index (χ2n) is 11.4. The number of aryl methyl sites for hydroxylation is 1. The smallest absolute Gasteiger partial charge is 0.0819 e. The maximum Gasteiger partial charge on any atom is 0.0819 e. The molecule has 0 radical (unpaired) electrons. The molecule has 0 fully saturated rings. The number of rotatable bonds is 20. The molecule has 0 aliphatic heterocycles. The first kappa shape index (κ1) is 31.5. The van der Waals surface area contributed by atoms with Gasteiger partial charge in [0.05, 0.1) is 6.61 Å². The summed E-state index contributed by atoms with van der Waals surface area (Å²) in [7, 11) is 0. The first-order valence-electron chi connectivity index (χ1n) is 16.2. The Labute approximate surface area is 254 Å². The Bertz CT molecular complexity index is 1180. The van der Waals surface area contributed by atoms with Crippen molar-refractivity contribution in [3.8, 4) is 11.1 Å². The molecule has 0 heterocycles. The van der Waals surface area contributed by atoms with Crippen molar-refractivity contribution in [2.24, 2.45) is 0 Å². The molecule has 0 unspecified atom stereocenters. The van der Waals surface area contributed by atoms with Crippen molar-refractivity contribution in [2.45, 2.75) is 89.9 Å². The summed E-state index contributed by atoms with van der Waals surface area (Å²) in [4.78, 5) is 6.42. The van der Waals surface area contributed by atoms with Crippen LogP contribution in [0.15, 0.2) is 109 Å². The summed E-state index contributed by atoms with van der Waals surface area (Å²) in [5.74, 6) is 0. The number of anilines is 3. The highest BCUT2D eigenvalue weighted by Gasteiger charge is 2.12. The van der Waals surface area contributed by atoms with Crippen LogP contribution >= 0.6 is 0 Å². The highest BCUT2D eigenvalue weighted by Crippen LogP contribution is 2.35. The standard InChI is InChI=1S/C39H49NO2/c41-42-33-19-11-9-7-5-3-1-2-4-6-8-10-14-20-34-25-27-35(28-26-34)36-29-31-39(32-30-36)40(37-21-15-12-16-22-37)38-23-17-13-18-24-38/h12-13,15-18,21-32,41H,1-11,14,19-20,33H2. The van der Waals surface area contributed by atoms with E-state index in [2.05, 4.69) is 119 Å². The highest BCUT2D eigenvalue weighted by atomic mass is 17.1. The van der Waals surface area contributed by atoms with Crippen LogP contribution in [0.1, 0.15) is 89.0 Å². The molecule has 4 rings (SSSR count). The van der Waals surface area contributed by atoms with Gasteiger partial charge in [0.2, 0.25) is 0 Å². The van der Waals surface area contributed by atoms with Gasteiger partial charge in [0, 0.05) is 17.1 Å². The maximum absolute atomic E-state index is 8.32. The molecule has 42 heavy (non-hydrogen) atoms. The summed E-state index contributed by atoms with van der Waals surface area (Å²) in [5, 5.41) is 8.32. The van der Waals surface area contributed by atoms with Crippen LogP contribution in [-0.4, -0.2) is 11.9 Å². The Morgan fingerprint density at radius 1 is 0.405 bits per heavy atom. The summed E-state index contributed by atoms with van der Waals surface area (Å²) >= 11 is 0. The van der Waals surface area contributed by atoms with E-state index in [-0.39, 0.29) is 0 Å². The molecule has 4 aromatic carbocycles. The quantitative estimate of drug-likeness (QED) is 0.0659. The molecular weight excluding hydrogens is 514 g/mol. The van der Waals surface area contributed by atoms with E-state index in [4.69, 9.17) is 5.26 Å². The molecule has 222 valence electrons. The molecule has 3 nitrogen and oxygen atoms in total. The van der Waals surface area contributed by atoms with E-state index in [9.17, 15) is 0 Å². The van der Waals surface area contributed by atoms with Crippen LogP contribution in [0.3, 0.4) is 0 Å². The summed E-state index contributed by atoms with van der Waals surface area (Å²) in [5.41, 5.74) is 7.44. The molecule has 0 atom stereocenters. The Balaban J connectivity index is 1.14. The number of para-hydroxylation sites is 2. The molecule has 0 bridgehead atoms. The zero-order valence-electron chi connectivity index (χ0n) is 25.3. The van der Waals surface area contributed by atoms with Gasteiger partial charge in [-0.1, -0.05) is 143 Å². The fraction of sp³-hybridized carbons (Fsp3) is 0.385. The van der Waals surface area contributed by atoms with Crippen molar-refractivity contribution in [2.75, 3.05) is 11.5 Å². The van der Waals surface area contributed by atoms with Gasteiger partial charge in [-0.15, -0.1) is 0 Å². The molecule has 0 aromatic heterocycles. The van der Waals surface area contributed by atoms with E-state index < -0.39 is 0 Å². The van der Waals surface area contributed by atoms with E-state index in [1.807, 2.05) is 0 Å². The normalized spacial score (nSPS) is 11.1. The molecule has 0 saturated carbocycles. The third kappa shape index (κ3) is 10.8. The molecule has 1 N–H and O–H groups in total. The third-order valence-corrected chi connectivity index (χ3v) is 8.14. The van der Waals surface area contributed by atoms with Crippen LogP contribution in [0.4, 0.5) is 17.1 Å². The summed E-state index contributed by atoms with van der Waals surface area (Å²) in [6, 6.07) is 39.2. The highest BCUT2D eigenvalue weighted by molar-refractivity contribution is 5.78. The summed E-state index contributed by atoms with van der Waals surface area (Å²) in [6.07, 6.45) is 18.1. The first-order valence-corrected chi connectivity index (χ1v) is 16.2. The molecule has 0 spiro atoms. The van der Waals surface area contributed by atoms with E-state index >= 15 is 0 Å². The van der Waals surface area contributed by atoms with Gasteiger partial charge >= 0.3 is 0 Å². The zero-order chi connectivity index (χ0) is 29.1. The summed E-state index contributed by atoms with van der Waals surface area (Å²) in [6.45, 7) is 0.479. The van der Waals surface area contributed by atoms with Crippen molar-refractivity contribution in [3.63, 3.8) is 0 Å². The Kier molecular flexibility index (Phi) is 14.2. The van der Waals surface area contributed by atoms with Gasteiger partial charge in [-0.3, -0.25) is 5.26 Å². The van der Waals surface area contributed by atoms with Crippen molar-refractivity contribution >= 4 is 17.1 Å². The van der Waals surface area contributed by atoms with Crippen LogP contribution in [0, 0.1) is 0 Å². The topological polar surface area (TPSA) is 32.7 Å². The number of nitrogens with zero attached hydrogens (tertiary/aromatic N) is 1. The van der Waals surface area contributed by atoms with Crippen LogP contribution in [0.2, 0.25) is 0 Å². The minimum atomic E-state index is 0.479. The number of hydrogen-bond donors (Lipinski definition) is 1. The average molecular weight is 564 g/mol. The van der Waals surface area contributed by atoms with Gasteiger partial charge in [0.1, 0.15) is 0 Å². The molecule has 0 amide bonds. The lowest BCUT2D eigenvalue weighted by Gasteiger charge is -2.25. The van der Waals surface area contributed by atoms with Gasteiger partial charge in [0.15, 0.2) is 0 Å². The lowest BCUT2D eigenvalue weighted by Crippen LogP contribution is -2.09. The van der Waals surface area contributed by atoms with E-state index in [0.717, 1.165) is 23.5 Å². The Hall–Kier alpha value is -3.40. The predicted molar refractivity (Wildman–Crippen MR) is 179 cm³/mol. The Morgan fingerprint density at radius 3 is 1.24 bits per heavy atom. The Morgan fingerprint density at radius 2 is 0.786 bits per heavy atom. The average Bonchev–Trinajstić information content (AvgIpc) is 3.05. The molecular formula is C39H49NO2. The molecule has 3 heteroatoms. The van der Waals surface area contributed by atoms with Crippen molar-refractivity contribution in [1.29, 1.82) is 0 Å². The second-order valence-corrected chi connectivity index (χ2v) is 11.4. The minimum absolute atomic E-state index is 0.479. The van der Waals surface area contributed by atoms with Gasteiger partial charge < -0.3 is 4.90 Å². The largest absolute Gasteiger partial charge is 0.311 e. The second kappa shape index (κ2) is 18.9. The lowest BCUT2D eigenvalue weighted by molar-refractivity contribution is -0.242.